The maximum atomic E-state index is 12.8. The monoisotopic (exact) mass is 935 g/mol. The third kappa shape index (κ3) is 53.7. The molecule has 0 aliphatic rings. The highest BCUT2D eigenvalue weighted by molar-refractivity contribution is 5.71. The molecule has 0 heterocycles. The van der Waals surface area contributed by atoms with E-state index in [1.165, 1.54) is 128 Å². The van der Waals surface area contributed by atoms with E-state index >= 15 is 0 Å². The molecule has 6 nitrogen and oxygen atoms in total. The molecule has 0 aromatic carbocycles. The van der Waals surface area contributed by atoms with Crippen LogP contribution in [-0.2, 0) is 28.6 Å². The fourth-order valence-electron chi connectivity index (χ4n) is 7.83. The van der Waals surface area contributed by atoms with Crippen molar-refractivity contribution in [2.24, 2.45) is 0 Å². The number of hydrogen-bond donors (Lipinski definition) is 0. The summed E-state index contributed by atoms with van der Waals surface area (Å²) in [5, 5.41) is 0. The Morgan fingerprint density at radius 3 is 0.881 bits per heavy atom. The Hall–Kier alpha value is -3.15. The lowest BCUT2D eigenvalue weighted by Gasteiger charge is -2.18. The molecule has 0 aromatic heterocycles. The maximum Gasteiger partial charge on any atom is 0.306 e. The van der Waals surface area contributed by atoms with E-state index < -0.39 is 6.10 Å². The summed E-state index contributed by atoms with van der Waals surface area (Å²) in [6, 6.07) is 0. The Kier molecular flexibility index (Phi) is 52.8. The first kappa shape index (κ1) is 63.8. The molecule has 0 saturated heterocycles. The lowest BCUT2D eigenvalue weighted by molar-refractivity contribution is -0.167. The van der Waals surface area contributed by atoms with Gasteiger partial charge in [-0.3, -0.25) is 14.4 Å². The van der Waals surface area contributed by atoms with Crippen LogP contribution in [0.4, 0.5) is 0 Å². The number of carbonyl (C=O) groups excluding carboxylic acids is 3. The molecule has 386 valence electrons. The van der Waals surface area contributed by atoms with E-state index in [-0.39, 0.29) is 31.1 Å². The van der Waals surface area contributed by atoms with Crippen molar-refractivity contribution in [3.05, 3.63) is 72.9 Å². The van der Waals surface area contributed by atoms with Crippen molar-refractivity contribution in [3.63, 3.8) is 0 Å². The molecule has 0 saturated carbocycles. The molecule has 0 radical (unpaired) electrons. The van der Waals surface area contributed by atoms with Crippen LogP contribution in [0.15, 0.2) is 72.9 Å². The van der Waals surface area contributed by atoms with Crippen LogP contribution in [0.3, 0.4) is 0 Å². The van der Waals surface area contributed by atoms with E-state index in [9.17, 15) is 14.4 Å². The van der Waals surface area contributed by atoms with Crippen LogP contribution in [0.5, 0.6) is 0 Å². The van der Waals surface area contributed by atoms with Crippen molar-refractivity contribution >= 4 is 17.9 Å². The third-order valence-electron chi connectivity index (χ3n) is 12.2. The van der Waals surface area contributed by atoms with Gasteiger partial charge in [-0.1, -0.05) is 216 Å². The van der Waals surface area contributed by atoms with Crippen molar-refractivity contribution in [2.75, 3.05) is 13.2 Å². The van der Waals surface area contributed by atoms with Gasteiger partial charge in [0.05, 0.1) is 0 Å². The van der Waals surface area contributed by atoms with Crippen LogP contribution < -0.4 is 0 Å². The van der Waals surface area contributed by atoms with E-state index in [0.717, 1.165) is 109 Å². The molecule has 6 heteroatoms. The van der Waals surface area contributed by atoms with Crippen LogP contribution in [0.25, 0.3) is 0 Å². The minimum Gasteiger partial charge on any atom is -0.462 e. The predicted molar refractivity (Wildman–Crippen MR) is 288 cm³/mol. The fourth-order valence-corrected chi connectivity index (χ4v) is 7.83. The number of unbranched alkanes of at least 4 members (excludes halogenated alkanes) is 28. The van der Waals surface area contributed by atoms with Crippen LogP contribution in [0.1, 0.15) is 278 Å². The van der Waals surface area contributed by atoms with Crippen molar-refractivity contribution in [2.45, 2.75) is 284 Å². The Morgan fingerprint density at radius 1 is 0.299 bits per heavy atom. The van der Waals surface area contributed by atoms with Gasteiger partial charge in [0.1, 0.15) is 13.2 Å². The molecule has 0 N–H and O–H groups in total. The molecule has 0 aliphatic carbocycles. The number of allylic oxidation sites excluding steroid dienone is 12. The maximum absolute atomic E-state index is 12.8. The van der Waals surface area contributed by atoms with Crippen molar-refractivity contribution in [1.82, 2.24) is 0 Å². The quantitative estimate of drug-likeness (QED) is 0.0262. The Bertz CT molecular complexity index is 1260. The van der Waals surface area contributed by atoms with E-state index in [1.54, 1.807) is 0 Å². The normalized spacial score (nSPS) is 12.6. The standard InChI is InChI=1S/C61H106O6/c1-4-7-10-13-16-19-22-25-28-30-33-35-38-41-44-47-50-53-59(62)65-56-58(67-61(64)55-52-49-46-43-40-37-32-27-24-21-18-15-12-9-6-3)57-66-60(63)54-51-48-45-42-39-36-34-31-29-26-23-20-17-14-11-8-5-2/h16-17,19-20,25-29,32-33,35,58H,4-15,18,21-24,30-31,34,36-57H2,1-3H3/b19-16-,20-17-,28-25-,29-26-,32-27-,35-33-/t58-/m1/s1. The summed E-state index contributed by atoms with van der Waals surface area (Å²) in [7, 11) is 0. The topological polar surface area (TPSA) is 78.9 Å². The second-order valence-corrected chi connectivity index (χ2v) is 18.8. The van der Waals surface area contributed by atoms with Crippen molar-refractivity contribution in [1.29, 1.82) is 0 Å². The summed E-state index contributed by atoms with van der Waals surface area (Å²) in [5.74, 6) is -0.921. The van der Waals surface area contributed by atoms with Crippen LogP contribution in [0, 0.1) is 0 Å². The summed E-state index contributed by atoms with van der Waals surface area (Å²) in [6.07, 6.45) is 70.2. The molecule has 0 fully saturated rings. The molecule has 1 atom stereocenters. The summed E-state index contributed by atoms with van der Waals surface area (Å²) < 4.78 is 16.8. The molecule has 0 spiro atoms. The first-order chi connectivity index (χ1) is 33.0. The number of rotatable bonds is 51. The fraction of sp³-hybridized carbons (Fsp3) is 0.754. The van der Waals surface area contributed by atoms with Gasteiger partial charge in [0.15, 0.2) is 6.10 Å². The molecule has 0 amide bonds. The smallest absolute Gasteiger partial charge is 0.306 e. The summed E-state index contributed by atoms with van der Waals surface area (Å²) in [4.78, 5) is 38.1. The zero-order valence-electron chi connectivity index (χ0n) is 44.2. The first-order valence-electron chi connectivity index (χ1n) is 28.4. The summed E-state index contributed by atoms with van der Waals surface area (Å²) in [6.45, 7) is 6.56. The molecule has 0 unspecified atom stereocenters. The average Bonchev–Trinajstić information content (AvgIpc) is 3.33. The van der Waals surface area contributed by atoms with Gasteiger partial charge in [-0.2, -0.15) is 0 Å². The van der Waals surface area contributed by atoms with E-state index in [2.05, 4.69) is 93.7 Å². The zero-order valence-corrected chi connectivity index (χ0v) is 44.2. The number of carbonyl (C=O) groups is 3. The molecule has 0 aromatic rings. The van der Waals surface area contributed by atoms with Gasteiger partial charge in [0.25, 0.3) is 0 Å². The minimum atomic E-state index is -0.793. The molecular weight excluding hydrogens is 829 g/mol. The summed E-state index contributed by atoms with van der Waals surface area (Å²) in [5.41, 5.74) is 0. The minimum absolute atomic E-state index is 0.0899. The molecule has 0 bridgehead atoms. The lowest BCUT2D eigenvalue weighted by atomic mass is 10.1. The van der Waals surface area contributed by atoms with Crippen molar-refractivity contribution < 1.29 is 28.6 Å². The molecule has 0 aliphatic heterocycles. The highest BCUT2D eigenvalue weighted by Crippen LogP contribution is 2.14. The number of hydrogen-bond acceptors (Lipinski definition) is 6. The third-order valence-corrected chi connectivity index (χ3v) is 12.2. The SMILES string of the molecule is CCCCC/C=C\C/C=C\C/C=C\CCCCCCC(=O)OC[C@H](COC(=O)CCCCCCCCC/C=C\C/C=C\CCCCC)OC(=O)CCCCCCC/C=C\CCCCCCCC. The Balaban J connectivity index is 4.44. The second-order valence-electron chi connectivity index (χ2n) is 18.8. The summed E-state index contributed by atoms with van der Waals surface area (Å²) >= 11 is 0. The van der Waals surface area contributed by atoms with Gasteiger partial charge in [0, 0.05) is 19.3 Å². The number of esters is 3. The van der Waals surface area contributed by atoms with Gasteiger partial charge in [0.2, 0.25) is 0 Å². The van der Waals surface area contributed by atoms with Crippen LogP contribution in [0.2, 0.25) is 0 Å². The second kappa shape index (κ2) is 55.4. The van der Waals surface area contributed by atoms with Gasteiger partial charge >= 0.3 is 17.9 Å². The Labute approximate surface area is 414 Å². The van der Waals surface area contributed by atoms with Gasteiger partial charge in [-0.05, 0) is 116 Å². The zero-order chi connectivity index (χ0) is 48.6. The van der Waals surface area contributed by atoms with Crippen molar-refractivity contribution in [3.8, 4) is 0 Å². The molecular formula is C61H106O6. The molecule has 0 rings (SSSR count). The predicted octanol–water partition coefficient (Wildman–Crippen LogP) is 19.0. The van der Waals surface area contributed by atoms with Gasteiger partial charge < -0.3 is 14.2 Å². The molecule has 67 heavy (non-hydrogen) atoms. The lowest BCUT2D eigenvalue weighted by Crippen LogP contribution is -2.30. The van der Waals surface area contributed by atoms with E-state index in [0.29, 0.717) is 19.3 Å². The van der Waals surface area contributed by atoms with Crippen LogP contribution >= 0.6 is 0 Å². The van der Waals surface area contributed by atoms with Gasteiger partial charge in [-0.15, -0.1) is 0 Å². The van der Waals surface area contributed by atoms with E-state index in [4.69, 9.17) is 14.2 Å². The average molecular weight is 936 g/mol. The highest BCUT2D eigenvalue weighted by atomic mass is 16.6. The first-order valence-corrected chi connectivity index (χ1v) is 28.4. The van der Waals surface area contributed by atoms with E-state index in [1.807, 2.05) is 0 Å². The Morgan fingerprint density at radius 2 is 0.537 bits per heavy atom. The number of ether oxygens (including phenoxy) is 3. The van der Waals surface area contributed by atoms with Crippen LogP contribution in [-0.4, -0.2) is 37.2 Å². The van der Waals surface area contributed by atoms with Gasteiger partial charge in [-0.25, -0.2) is 0 Å². The highest BCUT2D eigenvalue weighted by Gasteiger charge is 2.19. The largest absolute Gasteiger partial charge is 0.462 e.